The van der Waals surface area contributed by atoms with Crippen LogP contribution in [0, 0.1) is 0 Å². The number of nitrogens with one attached hydrogen (secondary N) is 1. The molecule has 0 bridgehead atoms. The van der Waals surface area contributed by atoms with E-state index in [0.717, 1.165) is 25.5 Å². The summed E-state index contributed by atoms with van der Waals surface area (Å²) in [5.41, 5.74) is 1.23. The van der Waals surface area contributed by atoms with Gasteiger partial charge < -0.3 is 10.1 Å². The van der Waals surface area contributed by atoms with Crippen molar-refractivity contribution in [3.63, 3.8) is 0 Å². The summed E-state index contributed by atoms with van der Waals surface area (Å²) in [5.74, 6) is 1.34. The molecule has 1 fully saturated rings. The van der Waals surface area contributed by atoms with Crippen LogP contribution in [0.5, 0.6) is 5.88 Å². The van der Waals surface area contributed by atoms with E-state index >= 15 is 0 Å². The lowest BCUT2D eigenvalue weighted by Gasteiger charge is -2.28. The van der Waals surface area contributed by atoms with Crippen LogP contribution in [0.1, 0.15) is 24.4 Å². The Morgan fingerprint density at radius 1 is 1.32 bits per heavy atom. The van der Waals surface area contributed by atoms with Crippen LogP contribution in [-0.4, -0.2) is 46.6 Å². The lowest BCUT2D eigenvalue weighted by atomic mass is 10.1. The first-order valence-electron chi connectivity index (χ1n) is 7.60. The Balaban J connectivity index is 1.72. The molecule has 0 radical (unpaired) electrons. The van der Waals surface area contributed by atoms with E-state index in [1.54, 1.807) is 7.11 Å². The number of rotatable bonds is 6. The van der Waals surface area contributed by atoms with Crippen molar-refractivity contribution in [2.24, 2.45) is 0 Å². The van der Waals surface area contributed by atoms with Crippen molar-refractivity contribution in [2.45, 2.75) is 18.9 Å². The van der Waals surface area contributed by atoms with Crippen LogP contribution in [-0.2, 0) is 0 Å². The quantitative estimate of drug-likeness (QED) is 0.881. The monoisotopic (exact) mass is 299 g/mol. The number of hydrogen-bond acceptors (Lipinski definition) is 6. The fourth-order valence-electron chi connectivity index (χ4n) is 2.83. The molecule has 2 aromatic rings. The Bertz CT molecular complexity index is 586. The largest absolute Gasteiger partial charge is 0.481 e. The molecule has 22 heavy (non-hydrogen) atoms. The van der Waals surface area contributed by atoms with E-state index in [0.29, 0.717) is 11.9 Å². The van der Waals surface area contributed by atoms with Gasteiger partial charge in [0.15, 0.2) is 0 Å². The predicted octanol–water partition coefficient (Wildman–Crippen LogP) is 2.13. The zero-order valence-corrected chi connectivity index (χ0v) is 12.8. The van der Waals surface area contributed by atoms with E-state index in [-0.39, 0.29) is 0 Å². The smallest absolute Gasteiger partial charge is 0.218 e. The van der Waals surface area contributed by atoms with Crippen molar-refractivity contribution >= 4 is 5.82 Å². The van der Waals surface area contributed by atoms with Crippen molar-refractivity contribution in [3.05, 3.63) is 42.5 Å². The minimum atomic E-state index is 0.303. The van der Waals surface area contributed by atoms with Gasteiger partial charge in [-0.15, -0.1) is 0 Å². The van der Waals surface area contributed by atoms with Gasteiger partial charge in [0.25, 0.3) is 0 Å². The summed E-state index contributed by atoms with van der Waals surface area (Å²) in [6.45, 7) is 3.05. The fraction of sp³-hybridized carbons (Fsp3) is 0.438. The summed E-state index contributed by atoms with van der Waals surface area (Å²) in [4.78, 5) is 15.0. The number of nitrogens with zero attached hydrogens (tertiary/aromatic N) is 4. The second-order valence-electron chi connectivity index (χ2n) is 5.37. The molecule has 3 rings (SSSR count). The standard InChI is InChI=1S/C16H21N5O/c1-22-16-9-15(19-12-20-16)18-11-14(21-7-2-3-8-21)13-5-4-6-17-10-13/h4-6,9-10,12,14H,2-3,7-8,11H2,1H3,(H,18,19,20). The fourth-order valence-corrected chi connectivity index (χ4v) is 2.83. The molecular weight excluding hydrogens is 278 g/mol. The molecule has 116 valence electrons. The van der Waals surface area contributed by atoms with Crippen molar-refractivity contribution < 1.29 is 4.74 Å². The molecule has 0 aromatic carbocycles. The molecule has 1 aliphatic heterocycles. The van der Waals surface area contributed by atoms with Crippen molar-refractivity contribution in [2.75, 3.05) is 32.1 Å². The summed E-state index contributed by atoms with van der Waals surface area (Å²) in [5, 5.41) is 3.39. The molecule has 3 heterocycles. The molecule has 1 aliphatic rings. The Kier molecular flexibility index (Phi) is 4.80. The van der Waals surface area contributed by atoms with E-state index in [1.807, 2.05) is 24.5 Å². The number of methoxy groups -OCH3 is 1. The average molecular weight is 299 g/mol. The van der Waals surface area contributed by atoms with Crippen LogP contribution in [0.25, 0.3) is 0 Å². The third-order valence-corrected chi connectivity index (χ3v) is 3.98. The predicted molar refractivity (Wildman–Crippen MR) is 84.9 cm³/mol. The molecule has 0 amide bonds. The van der Waals surface area contributed by atoms with Gasteiger partial charge in [-0.2, -0.15) is 0 Å². The number of anilines is 1. The number of likely N-dealkylation sites (tertiary alicyclic amines) is 1. The molecule has 2 aromatic heterocycles. The second-order valence-corrected chi connectivity index (χ2v) is 5.37. The molecule has 6 nitrogen and oxygen atoms in total. The highest BCUT2D eigenvalue weighted by Gasteiger charge is 2.23. The van der Waals surface area contributed by atoms with Crippen LogP contribution in [0.4, 0.5) is 5.82 Å². The molecule has 0 saturated carbocycles. The van der Waals surface area contributed by atoms with Crippen LogP contribution in [0.3, 0.4) is 0 Å². The number of aromatic nitrogens is 3. The lowest BCUT2D eigenvalue weighted by Crippen LogP contribution is -2.31. The highest BCUT2D eigenvalue weighted by Crippen LogP contribution is 2.25. The molecule has 1 N–H and O–H groups in total. The molecule has 1 atom stereocenters. The Labute approximate surface area is 130 Å². The summed E-state index contributed by atoms with van der Waals surface area (Å²) in [6, 6.07) is 6.24. The molecule has 6 heteroatoms. The third-order valence-electron chi connectivity index (χ3n) is 3.98. The molecular formula is C16H21N5O. The van der Waals surface area contributed by atoms with Crippen molar-refractivity contribution in [1.82, 2.24) is 19.9 Å². The van der Waals surface area contributed by atoms with Crippen molar-refractivity contribution in [3.8, 4) is 5.88 Å². The molecule has 1 unspecified atom stereocenters. The van der Waals surface area contributed by atoms with Gasteiger partial charge in [0.1, 0.15) is 12.1 Å². The van der Waals surface area contributed by atoms with E-state index < -0.39 is 0 Å². The molecule has 1 saturated heterocycles. The van der Waals surface area contributed by atoms with E-state index in [4.69, 9.17) is 4.74 Å². The molecule has 0 spiro atoms. The van der Waals surface area contributed by atoms with Gasteiger partial charge in [0.2, 0.25) is 5.88 Å². The Morgan fingerprint density at radius 3 is 2.91 bits per heavy atom. The zero-order valence-electron chi connectivity index (χ0n) is 12.8. The Morgan fingerprint density at radius 2 is 2.18 bits per heavy atom. The SMILES string of the molecule is COc1cc(NCC(c2cccnc2)N2CCCC2)ncn1. The van der Waals surface area contributed by atoms with E-state index in [2.05, 4.69) is 31.2 Å². The highest BCUT2D eigenvalue weighted by atomic mass is 16.5. The van der Waals surface area contributed by atoms with Gasteiger partial charge >= 0.3 is 0 Å². The zero-order chi connectivity index (χ0) is 15.2. The van der Waals surface area contributed by atoms with Gasteiger partial charge in [-0.05, 0) is 37.6 Å². The first-order valence-corrected chi connectivity index (χ1v) is 7.60. The van der Waals surface area contributed by atoms with Crippen LogP contribution in [0.15, 0.2) is 36.9 Å². The average Bonchev–Trinajstić information content (AvgIpc) is 3.10. The summed E-state index contributed by atoms with van der Waals surface area (Å²) in [7, 11) is 1.61. The summed E-state index contributed by atoms with van der Waals surface area (Å²) < 4.78 is 5.13. The number of ether oxygens (including phenoxy) is 1. The maximum absolute atomic E-state index is 5.13. The van der Waals surface area contributed by atoms with Gasteiger partial charge in [-0.1, -0.05) is 6.07 Å². The van der Waals surface area contributed by atoms with Gasteiger partial charge in [0.05, 0.1) is 13.2 Å². The van der Waals surface area contributed by atoms with Crippen LogP contribution < -0.4 is 10.1 Å². The first kappa shape index (κ1) is 14.7. The minimum Gasteiger partial charge on any atom is -0.481 e. The van der Waals surface area contributed by atoms with Gasteiger partial charge in [-0.25, -0.2) is 9.97 Å². The molecule has 0 aliphatic carbocycles. The Hall–Kier alpha value is -2.21. The van der Waals surface area contributed by atoms with Crippen LogP contribution in [0.2, 0.25) is 0 Å². The third kappa shape index (κ3) is 3.51. The normalized spacial score (nSPS) is 16.4. The van der Waals surface area contributed by atoms with E-state index in [9.17, 15) is 0 Å². The topological polar surface area (TPSA) is 63.2 Å². The lowest BCUT2D eigenvalue weighted by molar-refractivity contribution is 0.255. The van der Waals surface area contributed by atoms with Crippen LogP contribution >= 0.6 is 0 Å². The summed E-state index contributed by atoms with van der Waals surface area (Å²) in [6.07, 6.45) is 7.80. The van der Waals surface area contributed by atoms with E-state index in [1.165, 1.54) is 24.7 Å². The number of pyridine rings is 1. The number of hydrogen-bond donors (Lipinski definition) is 1. The maximum Gasteiger partial charge on any atom is 0.218 e. The maximum atomic E-state index is 5.13. The van der Waals surface area contributed by atoms with Gasteiger partial charge in [-0.3, -0.25) is 9.88 Å². The summed E-state index contributed by atoms with van der Waals surface area (Å²) >= 11 is 0. The second kappa shape index (κ2) is 7.17. The van der Waals surface area contributed by atoms with Gasteiger partial charge in [0, 0.05) is 25.0 Å². The first-order chi connectivity index (χ1) is 10.9. The van der Waals surface area contributed by atoms with Crippen molar-refractivity contribution in [1.29, 1.82) is 0 Å². The highest BCUT2D eigenvalue weighted by molar-refractivity contribution is 5.37. The minimum absolute atomic E-state index is 0.303.